The Morgan fingerprint density at radius 3 is 2.33 bits per heavy atom. The summed E-state index contributed by atoms with van der Waals surface area (Å²) in [6, 6.07) is 14.6. The minimum absolute atomic E-state index is 0.345. The van der Waals surface area contributed by atoms with Gasteiger partial charge in [-0.3, -0.25) is 4.79 Å². The lowest BCUT2D eigenvalue weighted by Crippen LogP contribution is -2.34. The van der Waals surface area contributed by atoms with Crippen molar-refractivity contribution >= 4 is 27.4 Å². The van der Waals surface area contributed by atoms with Crippen molar-refractivity contribution in [3.8, 4) is 17.6 Å². The number of hydrogen-bond donors (Lipinski definition) is 1. The third-order valence-corrected chi connectivity index (χ3v) is 5.82. The van der Waals surface area contributed by atoms with Crippen LogP contribution in [0.1, 0.15) is 22.9 Å². The fourth-order valence-corrected chi connectivity index (χ4v) is 4.30. The molecule has 0 saturated carbocycles. The number of fused-ring (bicyclic) bond motifs is 1. The largest absolute Gasteiger partial charge is 0.493 e. The molecule has 1 atom stereocenters. The van der Waals surface area contributed by atoms with Crippen LogP contribution in [0.4, 0.5) is 0 Å². The highest BCUT2D eigenvalue weighted by atomic mass is 32.1. The number of aliphatic carboxylic acids is 1. The van der Waals surface area contributed by atoms with E-state index >= 15 is 0 Å². The van der Waals surface area contributed by atoms with Gasteiger partial charge in [-0.05, 0) is 42.1 Å². The highest BCUT2D eigenvalue weighted by molar-refractivity contribution is 7.19. The highest BCUT2D eigenvalue weighted by Gasteiger charge is 2.36. The molecule has 0 aliphatic heterocycles. The first-order valence-electron chi connectivity index (χ1n) is 8.29. The Morgan fingerprint density at radius 2 is 1.78 bits per heavy atom. The Hall–Kier alpha value is -3.04. The van der Waals surface area contributed by atoms with Crippen LogP contribution >= 0.6 is 11.3 Å². The Balaban J connectivity index is 2.01. The molecule has 0 spiro atoms. The van der Waals surface area contributed by atoms with E-state index in [0.29, 0.717) is 29.0 Å². The number of benzene rings is 2. The van der Waals surface area contributed by atoms with Crippen molar-refractivity contribution in [2.45, 2.75) is 18.8 Å². The molecule has 0 aliphatic carbocycles. The van der Waals surface area contributed by atoms with E-state index in [9.17, 15) is 9.90 Å². The van der Waals surface area contributed by atoms with Gasteiger partial charge >= 0.3 is 5.97 Å². The minimum atomic E-state index is -1.09. The second-order valence-electron chi connectivity index (χ2n) is 6.46. The van der Waals surface area contributed by atoms with E-state index in [1.54, 1.807) is 56.7 Å². The molecule has 3 aromatic rings. The molecule has 1 N–H and O–H groups in total. The van der Waals surface area contributed by atoms with Crippen LogP contribution in [0.5, 0.6) is 11.5 Å². The molecule has 1 unspecified atom stereocenters. The normalized spacial score (nSPS) is 13.0. The molecule has 6 heteroatoms. The molecule has 138 valence electrons. The Labute approximate surface area is 161 Å². The first-order valence-corrected chi connectivity index (χ1v) is 9.11. The van der Waals surface area contributed by atoms with Crippen LogP contribution < -0.4 is 9.47 Å². The van der Waals surface area contributed by atoms with Gasteiger partial charge in [0, 0.05) is 22.1 Å². The van der Waals surface area contributed by atoms with Crippen LogP contribution in [0.25, 0.3) is 10.1 Å². The summed E-state index contributed by atoms with van der Waals surface area (Å²) in [4.78, 5) is 13.0. The molecule has 0 fully saturated rings. The fraction of sp³-hybridized carbons (Fsp3) is 0.238. The summed E-state index contributed by atoms with van der Waals surface area (Å²) in [6.45, 7) is 1.71. The maximum atomic E-state index is 12.1. The van der Waals surface area contributed by atoms with Crippen LogP contribution in [-0.4, -0.2) is 25.3 Å². The van der Waals surface area contributed by atoms with E-state index in [2.05, 4.69) is 6.07 Å². The number of nitriles is 1. The number of rotatable bonds is 6. The van der Waals surface area contributed by atoms with Crippen LogP contribution in [0.2, 0.25) is 0 Å². The van der Waals surface area contributed by atoms with E-state index in [1.165, 1.54) is 0 Å². The van der Waals surface area contributed by atoms with Gasteiger partial charge < -0.3 is 14.6 Å². The molecule has 0 radical (unpaired) electrons. The number of nitrogens with zero attached hydrogens (tertiary/aromatic N) is 1. The first kappa shape index (κ1) is 18.7. The van der Waals surface area contributed by atoms with Gasteiger partial charge in [-0.2, -0.15) is 5.26 Å². The zero-order chi connectivity index (χ0) is 19.6. The molecule has 5 nitrogen and oxygen atoms in total. The molecule has 0 bridgehead atoms. The smallest absolute Gasteiger partial charge is 0.314 e. The minimum Gasteiger partial charge on any atom is -0.493 e. The molecular formula is C21H19NO4S. The lowest BCUT2D eigenvalue weighted by Gasteiger charge is -2.24. The van der Waals surface area contributed by atoms with Crippen molar-refractivity contribution < 1.29 is 19.4 Å². The van der Waals surface area contributed by atoms with Crippen molar-refractivity contribution in [3.05, 3.63) is 58.5 Å². The summed E-state index contributed by atoms with van der Waals surface area (Å²) in [6.07, 6.45) is 0.345. The number of carboxylic acid groups (broad SMARTS) is 1. The van der Waals surface area contributed by atoms with Crippen LogP contribution in [0, 0.1) is 11.3 Å². The van der Waals surface area contributed by atoms with Gasteiger partial charge in [-0.25, -0.2) is 0 Å². The summed E-state index contributed by atoms with van der Waals surface area (Å²) >= 11 is 1.54. The van der Waals surface area contributed by atoms with Gasteiger partial charge in [-0.15, -0.1) is 11.3 Å². The topological polar surface area (TPSA) is 79.5 Å². The summed E-state index contributed by atoms with van der Waals surface area (Å²) in [5, 5.41) is 19.9. The van der Waals surface area contributed by atoms with E-state index in [4.69, 9.17) is 14.7 Å². The summed E-state index contributed by atoms with van der Waals surface area (Å²) in [5.74, 6) is 0.383. The number of ether oxygens (including phenoxy) is 2. The second kappa shape index (κ2) is 7.29. The number of carboxylic acids is 1. The third-order valence-electron chi connectivity index (χ3n) is 4.72. The molecule has 3 rings (SSSR count). The Kier molecular flexibility index (Phi) is 5.06. The third kappa shape index (κ3) is 3.46. The van der Waals surface area contributed by atoms with Crippen molar-refractivity contribution in [1.29, 1.82) is 5.26 Å². The van der Waals surface area contributed by atoms with Crippen molar-refractivity contribution in [2.24, 2.45) is 0 Å². The molecule has 0 amide bonds. The molecule has 1 heterocycles. The fourth-order valence-electron chi connectivity index (χ4n) is 3.07. The van der Waals surface area contributed by atoms with E-state index < -0.39 is 11.4 Å². The summed E-state index contributed by atoms with van der Waals surface area (Å²) in [7, 11) is 3.17. The number of thiophene rings is 1. The van der Waals surface area contributed by atoms with Gasteiger partial charge in [0.1, 0.15) is 0 Å². The van der Waals surface area contributed by atoms with E-state index in [1.807, 2.05) is 18.2 Å². The molecule has 0 aliphatic rings. The van der Waals surface area contributed by atoms with Crippen LogP contribution in [-0.2, 0) is 16.6 Å². The number of hydrogen-bond acceptors (Lipinski definition) is 5. The lowest BCUT2D eigenvalue weighted by atomic mass is 9.79. The molecule has 1 aromatic heterocycles. The van der Waals surface area contributed by atoms with Gasteiger partial charge in [0.2, 0.25) is 0 Å². The maximum Gasteiger partial charge on any atom is 0.314 e. The number of carbonyl (C=O) groups is 1. The summed E-state index contributed by atoms with van der Waals surface area (Å²) < 4.78 is 11.7. The highest BCUT2D eigenvalue weighted by Crippen LogP contribution is 2.39. The van der Waals surface area contributed by atoms with Crippen molar-refractivity contribution in [1.82, 2.24) is 0 Å². The molecular weight excluding hydrogens is 362 g/mol. The number of methoxy groups -OCH3 is 2. The van der Waals surface area contributed by atoms with E-state index in [-0.39, 0.29) is 0 Å². The van der Waals surface area contributed by atoms with Crippen molar-refractivity contribution in [2.75, 3.05) is 14.2 Å². The predicted octanol–water partition coefficient (Wildman–Crippen LogP) is 4.38. The monoisotopic (exact) mass is 381 g/mol. The van der Waals surface area contributed by atoms with Crippen molar-refractivity contribution in [3.63, 3.8) is 0 Å². The maximum absolute atomic E-state index is 12.1. The molecule has 0 saturated heterocycles. The quantitative estimate of drug-likeness (QED) is 0.686. The standard InChI is InChI=1S/C21H19NO4S/c1-21(20(23)24,15-6-4-13(12-22)5-7-15)11-16-8-14-9-17(25-2)18(26-3)10-19(14)27-16/h4-10H,11H2,1-3H3,(H,23,24). The Bertz CT molecular complexity index is 992. The van der Waals surface area contributed by atoms with E-state index in [0.717, 1.165) is 15.0 Å². The first-order chi connectivity index (χ1) is 12.9. The average Bonchev–Trinajstić information content (AvgIpc) is 3.07. The zero-order valence-electron chi connectivity index (χ0n) is 15.3. The predicted molar refractivity (Wildman–Crippen MR) is 105 cm³/mol. The van der Waals surface area contributed by atoms with Gasteiger partial charge in [0.05, 0.1) is 31.3 Å². The lowest BCUT2D eigenvalue weighted by molar-refractivity contribution is -0.143. The second-order valence-corrected chi connectivity index (χ2v) is 7.63. The van der Waals surface area contributed by atoms with Gasteiger partial charge in [0.25, 0.3) is 0 Å². The molecule has 2 aromatic carbocycles. The summed E-state index contributed by atoms with van der Waals surface area (Å²) in [5.41, 5.74) is 0.0809. The SMILES string of the molecule is COc1cc2cc(CC(C)(C(=O)O)c3ccc(C#N)cc3)sc2cc1OC. The van der Waals surface area contributed by atoms with Gasteiger partial charge in [-0.1, -0.05) is 12.1 Å². The van der Waals surface area contributed by atoms with Crippen LogP contribution in [0.3, 0.4) is 0 Å². The van der Waals surface area contributed by atoms with Crippen LogP contribution in [0.15, 0.2) is 42.5 Å². The zero-order valence-corrected chi connectivity index (χ0v) is 16.1. The molecule has 27 heavy (non-hydrogen) atoms. The van der Waals surface area contributed by atoms with Gasteiger partial charge in [0.15, 0.2) is 11.5 Å². The Morgan fingerprint density at radius 1 is 1.15 bits per heavy atom. The average molecular weight is 381 g/mol.